The van der Waals surface area contributed by atoms with Crippen LogP contribution in [-0.2, 0) is 9.59 Å². The number of hydrogen-bond acceptors (Lipinski definition) is 3. The first kappa shape index (κ1) is 21.3. The summed E-state index contributed by atoms with van der Waals surface area (Å²) in [5.41, 5.74) is 1.88. The van der Waals surface area contributed by atoms with Gasteiger partial charge in [0.05, 0.1) is 0 Å². The predicted molar refractivity (Wildman–Crippen MR) is 119 cm³/mol. The Morgan fingerprint density at radius 1 is 1.00 bits per heavy atom. The van der Waals surface area contributed by atoms with E-state index < -0.39 is 6.04 Å². The first-order chi connectivity index (χ1) is 15.0. The number of hydrogen-bond donors (Lipinski definition) is 0. The Bertz CT molecular complexity index is 895. The molecule has 2 fully saturated rings. The Kier molecular flexibility index (Phi) is 6.54. The molecular formula is C25H30FN3O2. The van der Waals surface area contributed by atoms with Gasteiger partial charge >= 0.3 is 0 Å². The van der Waals surface area contributed by atoms with Crippen LogP contribution < -0.4 is 4.90 Å². The lowest BCUT2D eigenvalue weighted by Gasteiger charge is -2.41. The number of anilines is 1. The number of rotatable bonds is 5. The summed E-state index contributed by atoms with van der Waals surface area (Å²) in [5, 5.41) is 0. The number of likely N-dealkylation sites (tertiary alicyclic amines) is 1. The average Bonchev–Trinajstić information content (AvgIpc) is 2.81. The zero-order chi connectivity index (χ0) is 21.8. The molecule has 0 aromatic heterocycles. The van der Waals surface area contributed by atoms with Gasteiger partial charge in [-0.2, -0.15) is 0 Å². The molecule has 0 aliphatic carbocycles. The van der Waals surface area contributed by atoms with Crippen molar-refractivity contribution >= 4 is 17.5 Å². The number of piperidine rings is 2. The van der Waals surface area contributed by atoms with Crippen LogP contribution in [0.4, 0.5) is 10.1 Å². The van der Waals surface area contributed by atoms with Crippen LogP contribution in [0.1, 0.15) is 43.7 Å². The highest BCUT2D eigenvalue weighted by Gasteiger charge is 2.36. The van der Waals surface area contributed by atoms with Crippen LogP contribution in [0.25, 0.3) is 0 Å². The van der Waals surface area contributed by atoms with Gasteiger partial charge in [0.25, 0.3) is 0 Å². The van der Waals surface area contributed by atoms with Crippen molar-refractivity contribution in [3.63, 3.8) is 0 Å². The van der Waals surface area contributed by atoms with E-state index in [1.165, 1.54) is 12.1 Å². The van der Waals surface area contributed by atoms with Crippen LogP contribution in [-0.4, -0.2) is 54.3 Å². The standard InChI is InChI=1S/C25H30FN3O2/c1-27(21-14-17-28(18-15-21)22-12-10-20(26)11-13-22)25(31)24(19-7-3-2-4-8-19)29-16-6-5-9-23(29)30/h2-4,7-8,10-13,21,24H,5-6,9,14-18H2,1H3. The van der Waals surface area contributed by atoms with Crippen LogP contribution in [0.5, 0.6) is 0 Å². The maximum absolute atomic E-state index is 13.7. The van der Waals surface area contributed by atoms with E-state index in [9.17, 15) is 14.0 Å². The fourth-order valence-electron chi connectivity index (χ4n) is 4.73. The van der Waals surface area contributed by atoms with Gasteiger partial charge in [-0.3, -0.25) is 9.59 Å². The van der Waals surface area contributed by atoms with Crippen LogP contribution in [0.2, 0.25) is 0 Å². The molecule has 4 rings (SSSR count). The summed E-state index contributed by atoms with van der Waals surface area (Å²) >= 11 is 0. The monoisotopic (exact) mass is 423 g/mol. The van der Waals surface area contributed by atoms with Crippen molar-refractivity contribution in [2.75, 3.05) is 31.6 Å². The molecule has 2 aliphatic rings. The fraction of sp³-hybridized carbons (Fsp3) is 0.440. The number of benzene rings is 2. The van der Waals surface area contributed by atoms with Crippen molar-refractivity contribution < 1.29 is 14.0 Å². The van der Waals surface area contributed by atoms with Crippen LogP contribution in [0, 0.1) is 5.82 Å². The highest BCUT2D eigenvalue weighted by Crippen LogP contribution is 2.30. The molecule has 164 valence electrons. The number of carbonyl (C=O) groups is 2. The first-order valence-corrected chi connectivity index (χ1v) is 11.2. The van der Waals surface area contributed by atoms with Crippen molar-refractivity contribution in [3.05, 3.63) is 66.0 Å². The lowest BCUT2D eigenvalue weighted by Crippen LogP contribution is -2.51. The fourth-order valence-corrected chi connectivity index (χ4v) is 4.73. The van der Waals surface area contributed by atoms with E-state index in [4.69, 9.17) is 0 Å². The number of carbonyl (C=O) groups excluding carboxylic acids is 2. The molecule has 2 heterocycles. The van der Waals surface area contributed by atoms with E-state index in [-0.39, 0.29) is 23.7 Å². The summed E-state index contributed by atoms with van der Waals surface area (Å²) in [6.45, 7) is 2.25. The molecule has 31 heavy (non-hydrogen) atoms. The Morgan fingerprint density at radius 3 is 2.32 bits per heavy atom. The summed E-state index contributed by atoms with van der Waals surface area (Å²) in [6.07, 6.45) is 4.02. The zero-order valence-electron chi connectivity index (χ0n) is 18.0. The van der Waals surface area contributed by atoms with Gasteiger partial charge in [-0.25, -0.2) is 4.39 Å². The van der Waals surface area contributed by atoms with Gasteiger partial charge in [0.2, 0.25) is 11.8 Å². The third kappa shape index (κ3) is 4.73. The minimum absolute atomic E-state index is 0.0123. The van der Waals surface area contributed by atoms with Crippen molar-refractivity contribution in [2.24, 2.45) is 0 Å². The molecule has 6 heteroatoms. The van der Waals surface area contributed by atoms with Crippen LogP contribution >= 0.6 is 0 Å². The Morgan fingerprint density at radius 2 is 1.68 bits per heavy atom. The van der Waals surface area contributed by atoms with Crippen molar-refractivity contribution in [1.82, 2.24) is 9.80 Å². The van der Waals surface area contributed by atoms with Gasteiger partial charge in [-0.1, -0.05) is 30.3 Å². The molecule has 1 atom stereocenters. The minimum atomic E-state index is -0.561. The summed E-state index contributed by atoms with van der Waals surface area (Å²) in [5.74, 6) is -0.183. The number of likely N-dealkylation sites (N-methyl/N-ethyl adjacent to an activating group) is 1. The molecule has 2 aliphatic heterocycles. The quantitative estimate of drug-likeness (QED) is 0.730. The lowest BCUT2D eigenvalue weighted by atomic mass is 9.97. The van der Waals surface area contributed by atoms with E-state index in [0.29, 0.717) is 13.0 Å². The number of nitrogens with zero attached hydrogens (tertiary/aromatic N) is 3. The van der Waals surface area contributed by atoms with E-state index in [1.54, 1.807) is 17.0 Å². The second-order valence-corrected chi connectivity index (χ2v) is 8.50. The number of amides is 2. The third-order valence-electron chi connectivity index (χ3n) is 6.57. The molecule has 2 aromatic carbocycles. The molecular weight excluding hydrogens is 393 g/mol. The first-order valence-electron chi connectivity index (χ1n) is 11.2. The third-order valence-corrected chi connectivity index (χ3v) is 6.57. The molecule has 0 saturated carbocycles. The van der Waals surface area contributed by atoms with E-state index in [2.05, 4.69) is 4.90 Å². The Balaban J connectivity index is 1.47. The second kappa shape index (κ2) is 9.50. The lowest BCUT2D eigenvalue weighted by molar-refractivity contribution is -0.148. The van der Waals surface area contributed by atoms with Gasteiger partial charge in [0.1, 0.15) is 11.9 Å². The maximum Gasteiger partial charge on any atom is 0.250 e. The summed E-state index contributed by atoms with van der Waals surface area (Å²) in [6, 6.07) is 15.8. The van der Waals surface area contributed by atoms with Crippen LogP contribution in [0.3, 0.4) is 0 Å². The van der Waals surface area contributed by atoms with E-state index in [0.717, 1.165) is 50.0 Å². The van der Waals surface area contributed by atoms with Crippen molar-refractivity contribution in [2.45, 2.75) is 44.2 Å². The second-order valence-electron chi connectivity index (χ2n) is 8.50. The zero-order valence-corrected chi connectivity index (χ0v) is 18.0. The average molecular weight is 424 g/mol. The predicted octanol–water partition coefficient (Wildman–Crippen LogP) is 4.01. The van der Waals surface area contributed by atoms with Gasteiger partial charge in [-0.15, -0.1) is 0 Å². The maximum atomic E-state index is 13.7. The van der Waals surface area contributed by atoms with Gasteiger partial charge in [0, 0.05) is 44.8 Å². The molecule has 2 amide bonds. The van der Waals surface area contributed by atoms with Crippen LogP contribution in [0.15, 0.2) is 54.6 Å². The highest BCUT2D eigenvalue weighted by atomic mass is 19.1. The smallest absolute Gasteiger partial charge is 0.250 e. The largest absolute Gasteiger partial charge is 0.371 e. The molecule has 2 aromatic rings. The van der Waals surface area contributed by atoms with Gasteiger partial charge in [0.15, 0.2) is 0 Å². The minimum Gasteiger partial charge on any atom is -0.371 e. The topological polar surface area (TPSA) is 43.9 Å². The molecule has 0 spiro atoms. The highest BCUT2D eigenvalue weighted by molar-refractivity contribution is 5.89. The molecule has 0 radical (unpaired) electrons. The molecule has 0 N–H and O–H groups in total. The Hall–Kier alpha value is -2.89. The normalized spacial score (nSPS) is 18.7. The summed E-state index contributed by atoms with van der Waals surface area (Å²) in [4.78, 5) is 32.2. The van der Waals surface area contributed by atoms with E-state index >= 15 is 0 Å². The molecule has 1 unspecified atom stereocenters. The van der Waals surface area contributed by atoms with E-state index in [1.807, 2.05) is 42.3 Å². The summed E-state index contributed by atoms with van der Waals surface area (Å²) in [7, 11) is 1.87. The molecule has 2 saturated heterocycles. The number of halogens is 1. The SMILES string of the molecule is CN(C(=O)C(c1ccccc1)N1CCCCC1=O)C1CCN(c2ccc(F)cc2)CC1. The van der Waals surface area contributed by atoms with Crippen molar-refractivity contribution in [1.29, 1.82) is 0 Å². The van der Waals surface area contributed by atoms with Crippen molar-refractivity contribution in [3.8, 4) is 0 Å². The van der Waals surface area contributed by atoms with Gasteiger partial charge < -0.3 is 14.7 Å². The van der Waals surface area contributed by atoms with Gasteiger partial charge in [-0.05, 0) is 55.5 Å². The Labute approximate surface area is 183 Å². The molecule has 0 bridgehead atoms. The molecule has 5 nitrogen and oxygen atoms in total. The summed E-state index contributed by atoms with van der Waals surface area (Å²) < 4.78 is 13.2.